The van der Waals surface area contributed by atoms with Crippen LogP contribution >= 0.6 is 0 Å². The van der Waals surface area contributed by atoms with Crippen molar-refractivity contribution in [3.05, 3.63) is 41.7 Å². The Morgan fingerprint density at radius 1 is 1.38 bits per heavy atom. The highest BCUT2D eigenvalue weighted by molar-refractivity contribution is 5.96. The predicted molar refractivity (Wildman–Crippen MR) is 78.9 cm³/mol. The van der Waals surface area contributed by atoms with E-state index in [-0.39, 0.29) is 30.2 Å². The Kier molecular flexibility index (Phi) is 4.73. The first kappa shape index (κ1) is 15.2. The summed E-state index contributed by atoms with van der Waals surface area (Å²) in [6, 6.07) is 6.56. The number of benzene rings is 1. The topological polar surface area (TPSA) is 49.4 Å². The molecule has 0 saturated heterocycles. The summed E-state index contributed by atoms with van der Waals surface area (Å²) < 4.78 is 13.6. The molecule has 2 rings (SSSR count). The number of allylic oxidation sites excluding steroid dienone is 1. The van der Waals surface area contributed by atoms with Gasteiger partial charge in [-0.25, -0.2) is 4.39 Å². The number of carbonyl (C=O) groups excluding carboxylic acids is 2. The van der Waals surface area contributed by atoms with Crippen LogP contribution in [0.3, 0.4) is 0 Å². The maximum Gasteiger partial charge on any atom is 0.247 e. The van der Waals surface area contributed by atoms with E-state index in [4.69, 9.17) is 0 Å². The van der Waals surface area contributed by atoms with Crippen LogP contribution in [0.2, 0.25) is 0 Å². The van der Waals surface area contributed by atoms with Crippen LogP contribution in [0, 0.1) is 5.82 Å². The molecule has 0 unspecified atom stereocenters. The van der Waals surface area contributed by atoms with Crippen LogP contribution in [0.25, 0.3) is 5.57 Å². The van der Waals surface area contributed by atoms with E-state index in [9.17, 15) is 14.0 Å². The molecule has 5 heteroatoms. The molecule has 0 radical (unpaired) electrons. The molecule has 1 N–H and O–H groups in total. The second kappa shape index (κ2) is 6.52. The van der Waals surface area contributed by atoms with Gasteiger partial charge < -0.3 is 10.2 Å². The minimum absolute atomic E-state index is 0.0103. The number of halogens is 1. The summed E-state index contributed by atoms with van der Waals surface area (Å²) in [5.41, 5.74) is 0.925. The number of likely N-dealkylation sites (N-methyl/N-ethyl adjacent to an activating group) is 1. The van der Waals surface area contributed by atoms with Gasteiger partial charge in [0.15, 0.2) is 0 Å². The first-order valence-electron chi connectivity index (χ1n) is 6.95. The van der Waals surface area contributed by atoms with E-state index >= 15 is 0 Å². The quantitative estimate of drug-likeness (QED) is 0.843. The Labute approximate surface area is 123 Å². The average molecular weight is 290 g/mol. The van der Waals surface area contributed by atoms with Gasteiger partial charge in [-0.3, -0.25) is 9.59 Å². The Bertz CT molecular complexity index is 579. The summed E-state index contributed by atoms with van der Waals surface area (Å²) in [6.45, 7) is 1.69. The van der Waals surface area contributed by atoms with Crippen LogP contribution in [-0.4, -0.2) is 36.3 Å². The molecule has 1 aromatic carbocycles. The lowest BCUT2D eigenvalue weighted by Crippen LogP contribution is -2.38. The van der Waals surface area contributed by atoms with Gasteiger partial charge in [-0.1, -0.05) is 18.2 Å². The van der Waals surface area contributed by atoms with Gasteiger partial charge in [0.1, 0.15) is 5.82 Å². The lowest BCUT2D eigenvalue weighted by molar-refractivity contribution is -0.131. The molecule has 1 aliphatic carbocycles. The molecule has 0 atom stereocenters. The SMILES string of the molecule is C/C(=C\C(=O)N(C)CC(=O)NC1CC1)c1ccccc1F. The maximum absolute atomic E-state index is 13.6. The number of hydrogen-bond donors (Lipinski definition) is 1. The Balaban J connectivity index is 1.96. The lowest BCUT2D eigenvalue weighted by Gasteiger charge is -2.15. The van der Waals surface area contributed by atoms with Gasteiger partial charge in [-0.2, -0.15) is 0 Å². The van der Waals surface area contributed by atoms with Gasteiger partial charge in [-0.15, -0.1) is 0 Å². The molecule has 21 heavy (non-hydrogen) atoms. The number of amides is 2. The fourth-order valence-electron chi connectivity index (χ4n) is 1.95. The average Bonchev–Trinajstić information content (AvgIpc) is 3.22. The van der Waals surface area contributed by atoms with Crippen molar-refractivity contribution in [1.29, 1.82) is 0 Å². The summed E-state index contributed by atoms with van der Waals surface area (Å²) in [7, 11) is 1.56. The fourth-order valence-corrected chi connectivity index (χ4v) is 1.95. The summed E-state index contributed by atoms with van der Waals surface area (Å²) in [6.07, 6.45) is 3.37. The second-order valence-corrected chi connectivity index (χ2v) is 5.34. The number of nitrogens with one attached hydrogen (secondary N) is 1. The molecule has 0 aromatic heterocycles. The fraction of sp³-hybridized carbons (Fsp3) is 0.375. The third-order valence-electron chi connectivity index (χ3n) is 3.34. The minimum atomic E-state index is -0.367. The highest BCUT2D eigenvalue weighted by Gasteiger charge is 2.24. The summed E-state index contributed by atoms with van der Waals surface area (Å²) in [5, 5.41) is 2.82. The molecule has 0 bridgehead atoms. The van der Waals surface area contributed by atoms with Gasteiger partial charge in [0, 0.05) is 24.7 Å². The first-order valence-corrected chi connectivity index (χ1v) is 6.95. The standard InChI is InChI=1S/C16H19FN2O2/c1-11(13-5-3-4-6-14(13)17)9-16(21)19(2)10-15(20)18-12-7-8-12/h3-6,9,12H,7-8,10H2,1-2H3,(H,18,20)/b11-9+. The molecular weight excluding hydrogens is 271 g/mol. The van der Waals surface area contributed by atoms with Crippen LogP contribution in [0.4, 0.5) is 4.39 Å². The lowest BCUT2D eigenvalue weighted by atomic mass is 10.1. The van der Waals surface area contributed by atoms with Crippen LogP contribution in [0.5, 0.6) is 0 Å². The predicted octanol–water partition coefficient (Wildman–Crippen LogP) is 1.97. The molecule has 1 fully saturated rings. The maximum atomic E-state index is 13.6. The third-order valence-corrected chi connectivity index (χ3v) is 3.34. The highest BCUT2D eigenvalue weighted by atomic mass is 19.1. The van der Waals surface area contributed by atoms with Gasteiger partial charge in [-0.05, 0) is 31.4 Å². The summed E-state index contributed by atoms with van der Waals surface area (Å²) in [4.78, 5) is 25.0. The molecule has 1 saturated carbocycles. The van der Waals surface area contributed by atoms with Gasteiger partial charge >= 0.3 is 0 Å². The molecule has 4 nitrogen and oxygen atoms in total. The van der Waals surface area contributed by atoms with Crippen molar-refractivity contribution in [2.45, 2.75) is 25.8 Å². The minimum Gasteiger partial charge on any atom is -0.352 e. The van der Waals surface area contributed by atoms with E-state index in [1.54, 1.807) is 32.2 Å². The molecule has 2 amide bonds. The van der Waals surface area contributed by atoms with E-state index in [0.29, 0.717) is 11.1 Å². The number of nitrogens with zero attached hydrogens (tertiary/aromatic N) is 1. The molecule has 0 heterocycles. The van der Waals surface area contributed by atoms with Crippen molar-refractivity contribution in [2.24, 2.45) is 0 Å². The molecule has 0 spiro atoms. The zero-order chi connectivity index (χ0) is 15.4. The summed E-state index contributed by atoms with van der Waals surface area (Å²) >= 11 is 0. The smallest absolute Gasteiger partial charge is 0.247 e. The molecule has 0 aliphatic heterocycles. The third kappa shape index (κ3) is 4.41. The number of rotatable bonds is 5. The van der Waals surface area contributed by atoms with E-state index < -0.39 is 0 Å². The zero-order valence-corrected chi connectivity index (χ0v) is 12.2. The number of carbonyl (C=O) groups is 2. The van der Waals surface area contributed by atoms with Crippen LogP contribution < -0.4 is 5.32 Å². The van der Waals surface area contributed by atoms with Gasteiger partial charge in [0.2, 0.25) is 11.8 Å². The van der Waals surface area contributed by atoms with E-state index in [0.717, 1.165) is 12.8 Å². The van der Waals surface area contributed by atoms with E-state index in [2.05, 4.69) is 5.32 Å². The van der Waals surface area contributed by atoms with Crippen LogP contribution in [0.1, 0.15) is 25.3 Å². The van der Waals surface area contributed by atoms with Crippen LogP contribution in [0.15, 0.2) is 30.3 Å². The summed E-state index contributed by atoms with van der Waals surface area (Å²) in [5.74, 6) is -0.847. The van der Waals surface area contributed by atoms with Crippen LogP contribution in [-0.2, 0) is 9.59 Å². The van der Waals surface area contributed by atoms with Crippen molar-refractivity contribution < 1.29 is 14.0 Å². The largest absolute Gasteiger partial charge is 0.352 e. The Hall–Kier alpha value is -2.17. The van der Waals surface area contributed by atoms with Gasteiger partial charge in [0.05, 0.1) is 6.54 Å². The van der Waals surface area contributed by atoms with Crippen molar-refractivity contribution in [3.8, 4) is 0 Å². The normalized spacial score (nSPS) is 14.7. The molecule has 112 valence electrons. The number of hydrogen-bond acceptors (Lipinski definition) is 2. The van der Waals surface area contributed by atoms with Crippen molar-refractivity contribution >= 4 is 17.4 Å². The monoisotopic (exact) mass is 290 g/mol. The van der Waals surface area contributed by atoms with E-state index in [1.165, 1.54) is 17.0 Å². The highest BCUT2D eigenvalue weighted by Crippen LogP contribution is 2.19. The first-order chi connectivity index (χ1) is 9.97. The van der Waals surface area contributed by atoms with Gasteiger partial charge in [0.25, 0.3) is 0 Å². The molecular formula is C16H19FN2O2. The van der Waals surface area contributed by atoms with Crippen molar-refractivity contribution in [3.63, 3.8) is 0 Å². The molecule has 1 aromatic rings. The molecule has 1 aliphatic rings. The second-order valence-electron chi connectivity index (χ2n) is 5.34. The Morgan fingerprint density at radius 3 is 2.67 bits per heavy atom. The van der Waals surface area contributed by atoms with E-state index in [1.807, 2.05) is 0 Å². The Morgan fingerprint density at radius 2 is 2.05 bits per heavy atom. The zero-order valence-electron chi connectivity index (χ0n) is 12.2. The van der Waals surface area contributed by atoms with Crippen molar-refractivity contribution in [1.82, 2.24) is 10.2 Å². The van der Waals surface area contributed by atoms with Crippen molar-refractivity contribution in [2.75, 3.05) is 13.6 Å².